The summed E-state index contributed by atoms with van der Waals surface area (Å²) < 4.78 is 0. The first-order valence-corrected chi connectivity index (χ1v) is 9.68. The topological polar surface area (TPSA) is 64.7 Å². The number of rotatable bonds is 5. The smallest absolute Gasteiger partial charge is 0.319 e. The van der Waals surface area contributed by atoms with E-state index in [1.165, 1.54) is 5.56 Å². The van der Waals surface area contributed by atoms with Crippen molar-refractivity contribution in [2.75, 3.05) is 38.0 Å². The van der Waals surface area contributed by atoms with Crippen LogP contribution in [0.5, 0.6) is 0 Å². The maximum absolute atomic E-state index is 12.4. The molecule has 28 heavy (non-hydrogen) atoms. The van der Waals surface area contributed by atoms with E-state index >= 15 is 0 Å². The number of nitrogens with zero attached hydrogens (tertiary/aromatic N) is 2. The Morgan fingerprint density at radius 2 is 1.54 bits per heavy atom. The average Bonchev–Trinajstić information content (AvgIpc) is 2.70. The second-order valence-corrected chi connectivity index (χ2v) is 7.22. The van der Waals surface area contributed by atoms with E-state index in [-0.39, 0.29) is 18.5 Å². The fraction of sp³-hybridized carbons (Fsp3) is 0.364. The summed E-state index contributed by atoms with van der Waals surface area (Å²) in [6.45, 7) is 7.86. The van der Waals surface area contributed by atoms with Gasteiger partial charge in [-0.25, -0.2) is 4.79 Å². The van der Waals surface area contributed by atoms with E-state index in [1.54, 1.807) is 0 Å². The molecule has 0 aliphatic carbocycles. The van der Waals surface area contributed by atoms with Crippen LogP contribution >= 0.6 is 0 Å². The van der Waals surface area contributed by atoms with Crippen molar-refractivity contribution in [3.05, 3.63) is 65.2 Å². The van der Waals surface area contributed by atoms with Gasteiger partial charge in [0.05, 0.1) is 6.54 Å². The molecule has 0 saturated carbocycles. The molecule has 0 spiro atoms. The first-order valence-electron chi connectivity index (χ1n) is 9.68. The van der Waals surface area contributed by atoms with Crippen LogP contribution < -0.4 is 10.6 Å². The van der Waals surface area contributed by atoms with Crippen LogP contribution in [0, 0.1) is 13.8 Å². The number of hydrogen-bond donors (Lipinski definition) is 2. The Kier molecular flexibility index (Phi) is 6.66. The summed E-state index contributed by atoms with van der Waals surface area (Å²) in [6, 6.07) is 15.8. The van der Waals surface area contributed by atoms with Crippen molar-refractivity contribution in [2.24, 2.45) is 0 Å². The molecule has 2 aromatic carbocycles. The van der Waals surface area contributed by atoms with Crippen molar-refractivity contribution < 1.29 is 9.59 Å². The Morgan fingerprint density at radius 1 is 0.893 bits per heavy atom. The van der Waals surface area contributed by atoms with E-state index in [9.17, 15) is 9.59 Å². The van der Waals surface area contributed by atoms with E-state index in [0.29, 0.717) is 13.1 Å². The fourth-order valence-corrected chi connectivity index (χ4v) is 3.43. The molecule has 1 aliphatic rings. The third-order valence-electron chi connectivity index (χ3n) is 5.09. The number of urea groups is 1. The van der Waals surface area contributed by atoms with Gasteiger partial charge in [0.2, 0.25) is 5.91 Å². The summed E-state index contributed by atoms with van der Waals surface area (Å²) in [6.07, 6.45) is 0. The molecule has 1 aliphatic heterocycles. The van der Waals surface area contributed by atoms with E-state index < -0.39 is 0 Å². The third kappa shape index (κ3) is 5.33. The predicted octanol–water partition coefficient (Wildman–Crippen LogP) is 2.77. The lowest BCUT2D eigenvalue weighted by atomic mass is 10.1. The van der Waals surface area contributed by atoms with Crippen LogP contribution in [0.1, 0.15) is 16.7 Å². The zero-order valence-corrected chi connectivity index (χ0v) is 16.6. The van der Waals surface area contributed by atoms with Gasteiger partial charge in [0.1, 0.15) is 0 Å². The summed E-state index contributed by atoms with van der Waals surface area (Å²) in [5.74, 6) is -0.0454. The second kappa shape index (κ2) is 9.37. The molecule has 6 nitrogen and oxygen atoms in total. The van der Waals surface area contributed by atoms with Gasteiger partial charge in [-0.15, -0.1) is 0 Å². The number of carbonyl (C=O) groups excluding carboxylic acids is 2. The quantitative estimate of drug-likeness (QED) is 0.838. The van der Waals surface area contributed by atoms with Gasteiger partial charge in [0, 0.05) is 38.4 Å². The molecular formula is C22H28N4O2. The molecule has 0 atom stereocenters. The van der Waals surface area contributed by atoms with Crippen molar-refractivity contribution in [1.82, 2.24) is 15.1 Å². The van der Waals surface area contributed by atoms with Crippen LogP contribution in [0.15, 0.2) is 48.5 Å². The standard InChI is InChI=1S/C22H28N4O2/c1-17-7-6-8-18(2)21(17)24-22(28)23-15-20(27)26-13-11-25(12-14-26)16-19-9-4-3-5-10-19/h3-10H,11-16H2,1-2H3,(H2,23,24,28). The fourth-order valence-electron chi connectivity index (χ4n) is 3.43. The molecule has 0 aromatic heterocycles. The molecule has 1 fully saturated rings. The number of nitrogens with one attached hydrogen (secondary N) is 2. The highest BCUT2D eigenvalue weighted by molar-refractivity contribution is 5.93. The minimum Gasteiger partial charge on any atom is -0.339 e. The average molecular weight is 380 g/mol. The van der Waals surface area contributed by atoms with Gasteiger partial charge in [-0.2, -0.15) is 0 Å². The number of carbonyl (C=O) groups is 2. The highest BCUT2D eigenvalue weighted by atomic mass is 16.2. The Bertz CT molecular complexity index is 794. The van der Waals surface area contributed by atoms with Gasteiger partial charge < -0.3 is 15.5 Å². The van der Waals surface area contributed by atoms with E-state index in [2.05, 4.69) is 27.7 Å². The molecule has 1 saturated heterocycles. The maximum atomic E-state index is 12.4. The van der Waals surface area contributed by atoms with Crippen LogP contribution in [-0.2, 0) is 11.3 Å². The van der Waals surface area contributed by atoms with E-state index in [1.807, 2.05) is 55.1 Å². The van der Waals surface area contributed by atoms with Crippen molar-refractivity contribution in [1.29, 1.82) is 0 Å². The SMILES string of the molecule is Cc1cccc(C)c1NC(=O)NCC(=O)N1CCN(Cc2ccccc2)CC1. The first-order chi connectivity index (χ1) is 13.5. The van der Waals surface area contributed by atoms with Crippen molar-refractivity contribution in [3.8, 4) is 0 Å². The molecule has 6 heteroatoms. The lowest BCUT2D eigenvalue weighted by Gasteiger charge is -2.34. The molecule has 3 rings (SSSR count). The molecule has 0 unspecified atom stereocenters. The highest BCUT2D eigenvalue weighted by Crippen LogP contribution is 2.19. The van der Waals surface area contributed by atoms with Crippen molar-refractivity contribution >= 4 is 17.6 Å². The van der Waals surface area contributed by atoms with E-state index in [0.717, 1.165) is 36.4 Å². The highest BCUT2D eigenvalue weighted by Gasteiger charge is 2.21. The normalized spacial score (nSPS) is 14.6. The van der Waals surface area contributed by atoms with Crippen LogP contribution in [0.2, 0.25) is 0 Å². The van der Waals surface area contributed by atoms with Gasteiger partial charge >= 0.3 is 6.03 Å². The van der Waals surface area contributed by atoms with Gasteiger partial charge in [-0.3, -0.25) is 9.69 Å². The summed E-state index contributed by atoms with van der Waals surface area (Å²) in [4.78, 5) is 28.7. The number of amides is 3. The monoisotopic (exact) mass is 380 g/mol. The summed E-state index contributed by atoms with van der Waals surface area (Å²) in [5, 5.41) is 5.52. The first kappa shape index (κ1) is 19.9. The number of anilines is 1. The van der Waals surface area contributed by atoms with Crippen LogP contribution in [-0.4, -0.2) is 54.5 Å². The van der Waals surface area contributed by atoms with Gasteiger partial charge in [-0.05, 0) is 30.5 Å². The zero-order valence-electron chi connectivity index (χ0n) is 16.6. The molecule has 3 amide bonds. The largest absolute Gasteiger partial charge is 0.339 e. The lowest BCUT2D eigenvalue weighted by molar-refractivity contribution is -0.131. The molecule has 2 N–H and O–H groups in total. The molecule has 0 radical (unpaired) electrons. The Hall–Kier alpha value is -2.86. The Labute approximate surface area is 166 Å². The van der Waals surface area contributed by atoms with Crippen LogP contribution in [0.25, 0.3) is 0 Å². The summed E-state index contributed by atoms with van der Waals surface area (Å²) >= 11 is 0. The van der Waals surface area contributed by atoms with Crippen LogP contribution in [0.3, 0.4) is 0 Å². The summed E-state index contributed by atoms with van der Waals surface area (Å²) in [5.41, 5.74) is 4.07. The number of aryl methyl sites for hydroxylation is 2. The predicted molar refractivity (Wildman–Crippen MR) is 111 cm³/mol. The van der Waals surface area contributed by atoms with Gasteiger partial charge in [0.15, 0.2) is 0 Å². The number of piperazine rings is 1. The summed E-state index contributed by atoms with van der Waals surface area (Å²) in [7, 11) is 0. The van der Waals surface area contributed by atoms with Crippen molar-refractivity contribution in [2.45, 2.75) is 20.4 Å². The second-order valence-electron chi connectivity index (χ2n) is 7.22. The van der Waals surface area contributed by atoms with Gasteiger partial charge in [-0.1, -0.05) is 48.5 Å². The third-order valence-corrected chi connectivity index (χ3v) is 5.09. The number of benzene rings is 2. The molecule has 148 valence electrons. The molecule has 0 bridgehead atoms. The minimum atomic E-state index is -0.353. The van der Waals surface area contributed by atoms with E-state index in [4.69, 9.17) is 0 Å². The molecule has 2 aromatic rings. The molecule has 1 heterocycles. The Morgan fingerprint density at radius 3 is 2.18 bits per heavy atom. The number of para-hydroxylation sites is 1. The molecular weight excluding hydrogens is 352 g/mol. The van der Waals surface area contributed by atoms with Gasteiger partial charge in [0.25, 0.3) is 0 Å². The minimum absolute atomic E-state index is 0.00937. The zero-order chi connectivity index (χ0) is 19.9. The lowest BCUT2D eigenvalue weighted by Crippen LogP contribution is -2.51. The maximum Gasteiger partial charge on any atom is 0.319 e. The number of hydrogen-bond acceptors (Lipinski definition) is 3. The van der Waals surface area contributed by atoms with Crippen molar-refractivity contribution in [3.63, 3.8) is 0 Å². The Balaban J connectivity index is 1.41. The van der Waals surface area contributed by atoms with Crippen LogP contribution in [0.4, 0.5) is 10.5 Å².